The highest BCUT2D eigenvalue weighted by molar-refractivity contribution is 5.86. The molecule has 0 aromatic heterocycles. The molecule has 2 saturated heterocycles. The van der Waals surface area contributed by atoms with Crippen molar-refractivity contribution in [1.82, 2.24) is 10.2 Å². The molecule has 116 valence electrons. The highest BCUT2D eigenvalue weighted by Gasteiger charge is 2.36. The maximum Gasteiger partial charge on any atom is 0.240 e. The average molecular weight is 283 g/mol. The minimum Gasteiger partial charge on any atom is -0.381 e. The van der Waals surface area contributed by atoms with Crippen molar-refractivity contribution in [1.29, 1.82) is 0 Å². The predicted octanol–water partition coefficient (Wildman–Crippen LogP) is 0.733. The molecule has 20 heavy (non-hydrogen) atoms. The van der Waals surface area contributed by atoms with Gasteiger partial charge < -0.3 is 20.7 Å². The maximum absolute atomic E-state index is 12.2. The number of nitrogens with zero attached hydrogens (tertiary/aromatic N) is 1. The van der Waals surface area contributed by atoms with Gasteiger partial charge in [0.15, 0.2) is 0 Å². The summed E-state index contributed by atoms with van der Waals surface area (Å²) in [5.41, 5.74) is 5.47. The van der Waals surface area contributed by atoms with Gasteiger partial charge in [0.25, 0.3) is 0 Å². The van der Waals surface area contributed by atoms with Gasteiger partial charge in [0.1, 0.15) is 0 Å². The van der Waals surface area contributed by atoms with E-state index in [9.17, 15) is 4.79 Å². The highest BCUT2D eigenvalue weighted by atomic mass is 16.5. The van der Waals surface area contributed by atoms with Crippen LogP contribution < -0.4 is 11.1 Å². The molecular formula is C15H29N3O2. The normalized spacial score (nSPS) is 24.5. The first kappa shape index (κ1) is 15.7. The van der Waals surface area contributed by atoms with Crippen molar-refractivity contribution in [3.63, 3.8) is 0 Å². The Balaban J connectivity index is 1.69. The minimum atomic E-state index is -0.707. The molecule has 0 aliphatic carbocycles. The van der Waals surface area contributed by atoms with Gasteiger partial charge in [-0.15, -0.1) is 0 Å². The van der Waals surface area contributed by atoms with E-state index in [4.69, 9.17) is 10.5 Å². The molecule has 0 aromatic carbocycles. The Bertz CT molecular complexity index is 308. The summed E-state index contributed by atoms with van der Waals surface area (Å²) in [6.45, 7) is 7.72. The molecule has 3 N–H and O–H groups in total. The van der Waals surface area contributed by atoms with Crippen molar-refractivity contribution in [2.75, 3.05) is 39.4 Å². The van der Waals surface area contributed by atoms with Crippen LogP contribution in [0.5, 0.6) is 0 Å². The number of amides is 1. The van der Waals surface area contributed by atoms with Gasteiger partial charge in [0, 0.05) is 19.8 Å². The van der Waals surface area contributed by atoms with E-state index in [1.807, 2.05) is 0 Å². The topological polar surface area (TPSA) is 67.6 Å². The van der Waals surface area contributed by atoms with E-state index in [0.717, 1.165) is 19.6 Å². The zero-order chi connectivity index (χ0) is 14.4. The lowest BCUT2D eigenvalue weighted by Crippen LogP contribution is -2.57. The van der Waals surface area contributed by atoms with Gasteiger partial charge in [-0.25, -0.2) is 0 Å². The minimum absolute atomic E-state index is 0.0109. The number of nitrogens with two attached hydrogens (primary N) is 1. The van der Waals surface area contributed by atoms with E-state index < -0.39 is 5.54 Å². The molecule has 2 aliphatic rings. The molecule has 0 atom stereocenters. The average Bonchev–Trinajstić information content (AvgIpc) is 2.47. The number of piperidine rings is 1. The number of rotatable bonds is 5. The SMILES string of the molecule is CCCN1CCC(CNC(=O)C2(N)CCOCC2)CC1. The Kier molecular flexibility index (Phi) is 5.81. The summed E-state index contributed by atoms with van der Waals surface area (Å²) >= 11 is 0. The van der Waals surface area contributed by atoms with Gasteiger partial charge in [-0.05, 0) is 57.7 Å². The molecular weight excluding hydrogens is 254 g/mol. The highest BCUT2D eigenvalue weighted by Crippen LogP contribution is 2.19. The molecule has 0 spiro atoms. The van der Waals surface area contributed by atoms with E-state index in [-0.39, 0.29) is 5.91 Å². The Labute approximate surface area is 122 Å². The lowest BCUT2D eigenvalue weighted by molar-refractivity contribution is -0.130. The second kappa shape index (κ2) is 7.38. The third-order valence-corrected chi connectivity index (χ3v) is 4.64. The fourth-order valence-corrected chi connectivity index (χ4v) is 3.11. The fourth-order valence-electron chi connectivity index (χ4n) is 3.11. The fraction of sp³-hybridized carbons (Fsp3) is 0.933. The van der Waals surface area contributed by atoms with Crippen LogP contribution in [0.15, 0.2) is 0 Å². The van der Waals surface area contributed by atoms with Gasteiger partial charge in [-0.3, -0.25) is 4.79 Å². The first-order chi connectivity index (χ1) is 9.64. The van der Waals surface area contributed by atoms with Gasteiger partial charge in [0.05, 0.1) is 5.54 Å². The monoisotopic (exact) mass is 283 g/mol. The van der Waals surface area contributed by atoms with Crippen LogP contribution in [0.2, 0.25) is 0 Å². The quantitative estimate of drug-likeness (QED) is 0.780. The van der Waals surface area contributed by atoms with Crippen molar-refractivity contribution in [3.05, 3.63) is 0 Å². The van der Waals surface area contributed by atoms with Crippen molar-refractivity contribution < 1.29 is 9.53 Å². The van der Waals surface area contributed by atoms with Crippen molar-refractivity contribution in [3.8, 4) is 0 Å². The summed E-state index contributed by atoms with van der Waals surface area (Å²) in [6, 6.07) is 0. The number of hydrogen-bond donors (Lipinski definition) is 2. The molecule has 2 rings (SSSR count). The zero-order valence-electron chi connectivity index (χ0n) is 12.7. The van der Waals surface area contributed by atoms with E-state index in [1.165, 1.54) is 25.8 Å². The Morgan fingerprint density at radius 3 is 2.60 bits per heavy atom. The number of likely N-dealkylation sites (tertiary alicyclic amines) is 1. The number of hydrogen-bond acceptors (Lipinski definition) is 4. The Hall–Kier alpha value is -0.650. The second-order valence-corrected chi connectivity index (χ2v) is 6.26. The van der Waals surface area contributed by atoms with Crippen molar-refractivity contribution in [2.45, 2.75) is 44.6 Å². The lowest BCUT2D eigenvalue weighted by atomic mass is 9.89. The van der Waals surface area contributed by atoms with Crippen LogP contribution in [-0.2, 0) is 9.53 Å². The summed E-state index contributed by atoms with van der Waals surface area (Å²) in [4.78, 5) is 14.7. The van der Waals surface area contributed by atoms with E-state index in [2.05, 4.69) is 17.1 Å². The number of carbonyl (C=O) groups is 1. The van der Waals surface area contributed by atoms with E-state index in [1.54, 1.807) is 0 Å². The molecule has 5 heteroatoms. The molecule has 0 aromatic rings. The summed E-state index contributed by atoms with van der Waals surface area (Å²) in [7, 11) is 0. The standard InChI is InChI=1S/C15H29N3O2/c1-2-7-18-8-3-13(4-9-18)12-17-14(19)15(16)5-10-20-11-6-15/h13H,2-12,16H2,1H3,(H,17,19). The molecule has 1 amide bonds. The van der Waals surface area contributed by atoms with Gasteiger partial charge in [-0.2, -0.15) is 0 Å². The number of ether oxygens (including phenoxy) is 1. The molecule has 0 bridgehead atoms. The van der Waals surface area contributed by atoms with Crippen LogP contribution in [0.25, 0.3) is 0 Å². The molecule has 5 nitrogen and oxygen atoms in total. The Morgan fingerprint density at radius 1 is 1.35 bits per heavy atom. The predicted molar refractivity (Wildman–Crippen MR) is 79.4 cm³/mol. The van der Waals surface area contributed by atoms with Crippen molar-refractivity contribution >= 4 is 5.91 Å². The zero-order valence-corrected chi connectivity index (χ0v) is 12.7. The molecule has 0 unspecified atom stereocenters. The molecule has 2 aliphatic heterocycles. The summed E-state index contributed by atoms with van der Waals surface area (Å²) in [5, 5.41) is 3.07. The van der Waals surface area contributed by atoms with Crippen LogP contribution in [0.1, 0.15) is 39.0 Å². The summed E-state index contributed by atoms with van der Waals surface area (Å²) in [6.07, 6.45) is 4.85. The van der Waals surface area contributed by atoms with Gasteiger partial charge >= 0.3 is 0 Å². The lowest BCUT2D eigenvalue weighted by Gasteiger charge is -2.34. The third kappa shape index (κ3) is 4.17. The second-order valence-electron chi connectivity index (χ2n) is 6.26. The maximum atomic E-state index is 12.2. The molecule has 0 radical (unpaired) electrons. The summed E-state index contributed by atoms with van der Waals surface area (Å²) < 4.78 is 5.28. The first-order valence-electron chi connectivity index (χ1n) is 8.01. The van der Waals surface area contributed by atoms with Crippen LogP contribution >= 0.6 is 0 Å². The first-order valence-corrected chi connectivity index (χ1v) is 8.01. The van der Waals surface area contributed by atoms with Crippen LogP contribution in [0, 0.1) is 5.92 Å². The molecule has 2 fully saturated rings. The summed E-state index contributed by atoms with van der Waals surface area (Å²) in [5.74, 6) is 0.618. The van der Waals surface area contributed by atoms with Gasteiger partial charge in [0.2, 0.25) is 5.91 Å². The van der Waals surface area contributed by atoms with Crippen LogP contribution in [-0.4, -0.2) is 55.7 Å². The smallest absolute Gasteiger partial charge is 0.240 e. The van der Waals surface area contributed by atoms with E-state index >= 15 is 0 Å². The molecule has 2 heterocycles. The van der Waals surface area contributed by atoms with Crippen LogP contribution in [0.4, 0.5) is 0 Å². The van der Waals surface area contributed by atoms with Crippen LogP contribution in [0.3, 0.4) is 0 Å². The third-order valence-electron chi connectivity index (χ3n) is 4.64. The molecule has 0 saturated carbocycles. The van der Waals surface area contributed by atoms with Gasteiger partial charge in [-0.1, -0.05) is 6.92 Å². The van der Waals surface area contributed by atoms with E-state index in [0.29, 0.717) is 32.0 Å². The van der Waals surface area contributed by atoms with Crippen molar-refractivity contribution in [2.24, 2.45) is 11.7 Å². The number of carbonyl (C=O) groups excluding carboxylic acids is 1. The largest absolute Gasteiger partial charge is 0.381 e. The number of nitrogens with one attached hydrogen (secondary N) is 1. The Morgan fingerprint density at radius 2 is 2.00 bits per heavy atom.